The molecule has 0 heterocycles. The molecule has 6 nitrogen and oxygen atoms in total. The van der Waals surface area contributed by atoms with Gasteiger partial charge in [-0.3, -0.25) is 14.4 Å². The summed E-state index contributed by atoms with van der Waals surface area (Å²) in [5.41, 5.74) is 0. The van der Waals surface area contributed by atoms with Gasteiger partial charge in [0, 0.05) is 19.3 Å². The summed E-state index contributed by atoms with van der Waals surface area (Å²) in [5.74, 6) is -0.935. The molecule has 0 rings (SSSR count). The summed E-state index contributed by atoms with van der Waals surface area (Å²) in [4.78, 5) is 38.0. The van der Waals surface area contributed by atoms with Crippen LogP contribution in [-0.4, -0.2) is 37.2 Å². The number of hydrogen-bond donors (Lipinski definition) is 0. The number of hydrogen-bond acceptors (Lipinski definition) is 6. The van der Waals surface area contributed by atoms with Crippen LogP contribution in [0.1, 0.15) is 310 Å². The van der Waals surface area contributed by atoms with Gasteiger partial charge in [0.2, 0.25) is 0 Å². The highest BCUT2D eigenvalue weighted by Gasteiger charge is 2.19. The Morgan fingerprint density at radius 2 is 0.513 bits per heavy atom. The first-order valence-corrected chi connectivity index (χ1v) is 32.2. The van der Waals surface area contributed by atoms with E-state index >= 15 is 0 Å². The fourth-order valence-corrected chi connectivity index (χ4v) is 9.05. The van der Waals surface area contributed by atoms with E-state index in [1.807, 2.05) is 0 Å². The maximum atomic E-state index is 12.8. The molecule has 0 aromatic rings. The molecule has 0 aromatic carbocycles. The molecule has 0 bridgehead atoms. The number of esters is 3. The normalized spacial score (nSPS) is 12.7. The second-order valence-electron chi connectivity index (χ2n) is 21.3. The highest BCUT2D eigenvalue weighted by atomic mass is 16.6. The second kappa shape index (κ2) is 63.9. The molecule has 0 spiro atoms. The minimum Gasteiger partial charge on any atom is -0.462 e. The molecule has 0 N–H and O–H groups in total. The third-order valence-corrected chi connectivity index (χ3v) is 13.9. The van der Waals surface area contributed by atoms with Gasteiger partial charge in [-0.05, 0) is 83.5 Å². The molecule has 0 fully saturated rings. The quantitative estimate of drug-likeness (QED) is 0.0261. The summed E-state index contributed by atoms with van der Waals surface area (Å²) in [6.45, 7) is 6.46. The first-order valence-electron chi connectivity index (χ1n) is 32.2. The number of allylic oxidation sites excluding steroid dienone is 16. The Balaban J connectivity index is 4.17. The van der Waals surface area contributed by atoms with Gasteiger partial charge in [-0.1, -0.05) is 304 Å². The molecule has 0 amide bonds. The van der Waals surface area contributed by atoms with Crippen LogP contribution < -0.4 is 0 Å². The van der Waals surface area contributed by atoms with Gasteiger partial charge in [-0.2, -0.15) is 0 Å². The maximum absolute atomic E-state index is 12.8. The van der Waals surface area contributed by atoms with E-state index in [0.29, 0.717) is 19.3 Å². The zero-order valence-electron chi connectivity index (χ0n) is 50.0. The molecule has 0 saturated heterocycles. The zero-order chi connectivity index (χ0) is 55.0. The lowest BCUT2D eigenvalue weighted by molar-refractivity contribution is -0.167. The molecule has 0 radical (unpaired) electrons. The summed E-state index contributed by atoms with van der Waals surface area (Å²) in [6.07, 6.45) is 86.0. The minimum atomic E-state index is -0.792. The number of carbonyl (C=O) groups excluding carboxylic acids is 3. The van der Waals surface area contributed by atoms with Crippen LogP contribution in [0.5, 0.6) is 0 Å². The minimum absolute atomic E-state index is 0.0895. The van der Waals surface area contributed by atoms with Crippen molar-refractivity contribution in [2.24, 2.45) is 0 Å². The molecule has 0 aliphatic rings. The topological polar surface area (TPSA) is 78.9 Å². The molecule has 0 saturated carbocycles. The van der Waals surface area contributed by atoms with Crippen molar-refractivity contribution in [1.82, 2.24) is 0 Å². The summed E-state index contributed by atoms with van der Waals surface area (Å²) < 4.78 is 16.8. The smallest absolute Gasteiger partial charge is 0.306 e. The van der Waals surface area contributed by atoms with E-state index in [9.17, 15) is 14.4 Å². The molecule has 6 heteroatoms. The average Bonchev–Trinajstić information content (AvgIpc) is 3.42. The van der Waals surface area contributed by atoms with Crippen LogP contribution in [0.25, 0.3) is 0 Å². The fraction of sp³-hybridized carbons (Fsp3) is 0.729. The Bertz CT molecular complexity index is 1490. The molecule has 436 valence electrons. The van der Waals surface area contributed by atoms with E-state index in [1.165, 1.54) is 161 Å². The van der Waals surface area contributed by atoms with Crippen LogP contribution in [0.4, 0.5) is 0 Å². The Labute approximate surface area is 470 Å². The van der Waals surface area contributed by atoms with Gasteiger partial charge in [0.15, 0.2) is 6.10 Å². The van der Waals surface area contributed by atoms with E-state index in [1.54, 1.807) is 0 Å². The predicted octanol–water partition coefficient (Wildman–Crippen LogP) is 22.0. The monoisotopic (exact) mass is 1060 g/mol. The molecule has 0 aliphatic carbocycles. The van der Waals surface area contributed by atoms with Crippen LogP contribution in [0.3, 0.4) is 0 Å². The van der Waals surface area contributed by atoms with Crippen LogP contribution in [0.2, 0.25) is 0 Å². The summed E-state index contributed by atoms with van der Waals surface area (Å²) in [6, 6.07) is 0. The van der Waals surface area contributed by atoms with Crippen molar-refractivity contribution >= 4 is 17.9 Å². The lowest BCUT2D eigenvalue weighted by Crippen LogP contribution is -2.30. The number of ether oxygens (including phenoxy) is 3. The van der Waals surface area contributed by atoms with Crippen molar-refractivity contribution in [2.75, 3.05) is 13.2 Å². The van der Waals surface area contributed by atoms with Gasteiger partial charge in [-0.25, -0.2) is 0 Å². The third-order valence-electron chi connectivity index (χ3n) is 13.9. The van der Waals surface area contributed by atoms with Crippen molar-refractivity contribution in [3.05, 3.63) is 97.2 Å². The van der Waals surface area contributed by atoms with Gasteiger partial charge in [-0.15, -0.1) is 0 Å². The maximum Gasteiger partial charge on any atom is 0.306 e. The molecule has 1 atom stereocenters. The molecule has 0 aliphatic heterocycles. The summed E-state index contributed by atoms with van der Waals surface area (Å²) in [5, 5.41) is 0. The first kappa shape index (κ1) is 72.3. The molecule has 0 aromatic heterocycles. The van der Waals surface area contributed by atoms with Crippen LogP contribution in [-0.2, 0) is 28.6 Å². The Morgan fingerprint density at radius 3 is 0.803 bits per heavy atom. The number of unbranched alkanes of at least 4 members (excludes halogenated alkanes) is 31. The van der Waals surface area contributed by atoms with Crippen LogP contribution >= 0.6 is 0 Å². The van der Waals surface area contributed by atoms with Gasteiger partial charge >= 0.3 is 17.9 Å². The van der Waals surface area contributed by atoms with Crippen molar-refractivity contribution in [3.8, 4) is 0 Å². The van der Waals surface area contributed by atoms with E-state index < -0.39 is 6.10 Å². The molecule has 76 heavy (non-hydrogen) atoms. The van der Waals surface area contributed by atoms with Gasteiger partial charge in [0.05, 0.1) is 0 Å². The van der Waals surface area contributed by atoms with E-state index in [4.69, 9.17) is 14.2 Å². The number of rotatable bonds is 58. The second-order valence-corrected chi connectivity index (χ2v) is 21.3. The Hall–Kier alpha value is -3.67. The summed E-state index contributed by atoms with van der Waals surface area (Å²) >= 11 is 0. The standard InChI is InChI=1S/C70H120O6/c1-4-7-10-13-16-18-20-22-24-26-28-30-32-34-35-37-38-40-42-44-46-48-50-52-54-57-60-63-69(72)75-66-67(65-74-68(71)62-59-56-15-12-9-6-3)76-70(73)64-61-58-55-53-51-49-47-45-43-41-39-36-33-31-29-27-25-23-21-19-17-14-11-8-5-2/h7,10,16,18,22,24,28,30,34-35,38,40,44,46,50,52,67H,4-6,8-9,11-15,17,19-21,23,25-27,29,31-33,36-37,39,41-43,45,47-49,51,53-66H2,1-3H3/b10-7-,18-16-,24-22-,30-28-,35-34-,40-38-,46-44-,52-50-. The van der Waals surface area contributed by atoms with Crippen molar-refractivity contribution in [2.45, 2.75) is 316 Å². The Morgan fingerprint density at radius 1 is 0.276 bits per heavy atom. The van der Waals surface area contributed by atoms with Crippen molar-refractivity contribution in [1.29, 1.82) is 0 Å². The number of carbonyl (C=O) groups is 3. The van der Waals surface area contributed by atoms with E-state index in [2.05, 4.69) is 118 Å². The summed E-state index contributed by atoms with van der Waals surface area (Å²) in [7, 11) is 0. The fourth-order valence-electron chi connectivity index (χ4n) is 9.05. The van der Waals surface area contributed by atoms with Gasteiger partial charge < -0.3 is 14.2 Å². The molecule has 1 unspecified atom stereocenters. The van der Waals surface area contributed by atoms with Crippen LogP contribution in [0, 0.1) is 0 Å². The lowest BCUT2D eigenvalue weighted by atomic mass is 10.0. The van der Waals surface area contributed by atoms with Crippen LogP contribution in [0.15, 0.2) is 97.2 Å². The average molecular weight is 1060 g/mol. The van der Waals surface area contributed by atoms with E-state index in [0.717, 1.165) is 109 Å². The highest BCUT2D eigenvalue weighted by molar-refractivity contribution is 5.71. The highest BCUT2D eigenvalue weighted by Crippen LogP contribution is 2.17. The van der Waals surface area contributed by atoms with E-state index in [-0.39, 0.29) is 31.1 Å². The van der Waals surface area contributed by atoms with Gasteiger partial charge in [0.1, 0.15) is 13.2 Å². The van der Waals surface area contributed by atoms with Gasteiger partial charge in [0.25, 0.3) is 0 Å². The molecular formula is C70H120O6. The SMILES string of the molecule is CC/C=C\C/C=C\C/C=C\C/C=C\C/C=C\C/C=C\C/C=C\C/C=C\CCCCC(=O)OCC(COC(=O)CCCCCCCC)OC(=O)CCCCCCCCCCCCCCCCCCCCCCCCCCC. The van der Waals surface area contributed by atoms with Crippen molar-refractivity contribution in [3.63, 3.8) is 0 Å². The lowest BCUT2D eigenvalue weighted by Gasteiger charge is -2.18. The first-order chi connectivity index (χ1) is 37.5. The third kappa shape index (κ3) is 61.2. The zero-order valence-corrected chi connectivity index (χ0v) is 50.0. The largest absolute Gasteiger partial charge is 0.462 e. The Kier molecular flexibility index (Phi) is 60.8. The van der Waals surface area contributed by atoms with Crippen molar-refractivity contribution < 1.29 is 28.6 Å². The molecular weight excluding hydrogens is 937 g/mol. The predicted molar refractivity (Wildman–Crippen MR) is 330 cm³/mol.